The molecular formula is C14H22N2O2S. The first-order valence-electron chi connectivity index (χ1n) is 6.89. The molecule has 19 heavy (non-hydrogen) atoms. The standard InChI is InChI=1S/C14H22N2O2S/c1-15-19(17,18)14-9-5-8-13(10-14)16-11-12-6-3-2-4-7-12/h5,8-10,12,15-16H,2-4,6-7,11H2,1H3. The topological polar surface area (TPSA) is 58.2 Å². The molecule has 1 aromatic carbocycles. The second kappa shape index (κ2) is 6.39. The van der Waals surface area contributed by atoms with Crippen molar-refractivity contribution in [2.45, 2.75) is 37.0 Å². The van der Waals surface area contributed by atoms with Crippen LogP contribution < -0.4 is 10.0 Å². The lowest BCUT2D eigenvalue weighted by molar-refractivity contribution is 0.373. The van der Waals surface area contributed by atoms with E-state index >= 15 is 0 Å². The summed E-state index contributed by atoms with van der Waals surface area (Å²) in [6, 6.07) is 6.98. The van der Waals surface area contributed by atoms with Crippen molar-refractivity contribution in [1.82, 2.24) is 4.72 Å². The molecule has 0 spiro atoms. The molecule has 0 aliphatic heterocycles. The predicted octanol–water partition coefficient (Wildman–Crippen LogP) is 2.59. The maximum Gasteiger partial charge on any atom is 0.240 e. The SMILES string of the molecule is CNS(=O)(=O)c1cccc(NCC2CCCCC2)c1. The number of benzene rings is 1. The summed E-state index contributed by atoms with van der Waals surface area (Å²) in [5.74, 6) is 0.721. The third-order valence-electron chi connectivity index (χ3n) is 3.73. The predicted molar refractivity (Wildman–Crippen MR) is 77.8 cm³/mol. The lowest BCUT2D eigenvalue weighted by Crippen LogP contribution is -2.19. The highest BCUT2D eigenvalue weighted by molar-refractivity contribution is 7.89. The number of hydrogen-bond acceptors (Lipinski definition) is 3. The maximum atomic E-state index is 11.7. The van der Waals surface area contributed by atoms with Gasteiger partial charge in [0.2, 0.25) is 10.0 Å². The molecule has 0 saturated heterocycles. The van der Waals surface area contributed by atoms with Gasteiger partial charge in [-0.15, -0.1) is 0 Å². The molecule has 0 unspecified atom stereocenters. The fourth-order valence-electron chi connectivity index (χ4n) is 2.54. The van der Waals surface area contributed by atoms with Gasteiger partial charge in [0.25, 0.3) is 0 Å². The first-order chi connectivity index (χ1) is 9.12. The largest absolute Gasteiger partial charge is 0.385 e. The molecule has 1 aliphatic carbocycles. The fraction of sp³-hybridized carbons (Fsp3) is 0.571. The molecule has 0 bridgehead atoms. The van der Waals surface area contributed by atoms with E-state index in [1.54, 1.807) is 18.2 Å². The van der Waals surface area contributed by atoms with Crippen LogP contribution in [0, 0.1) is 5.92 Å². The Morgan fingerprint density at radius 3 is 2.63 bits per heavy atom. The molecule has 106 valence electrons. The second-order valence-electron chi connectivity index (χ2n) is 5.12. The minimum absolute atomic E-state index is 0.309. The first kappa shape index (κ1) is 14.3. The Morgan fingerprint density at radius 1 is 1.21 bits per heavy atom. The number of anilines is 1. The molecule has 4 nitrogen and oxygen atoms in total. The average molecular weight is 282 g/mol. The van der Waals surface area contributed by atoms with Crippen LogP contribution in [0.5, 0.6) is 0 Å². The van der Waals surface area contributed by atoms with Crippen molar-refractivity contribution in [3.05, 3.63) is 24.3 Å². The van der Waals surface area contributed by atoms with E-state index in [2.05, 4.69) is 10.0 Å². The van der Waals surface area contributed by atoms with Crippen molar-refractivity contribution in [1.29, 1.82) is 0 Å². The summed E-state index contributed by atoms with van der Waals surface area (Å²) in [4.78, 5) is 0.309. The lowest BCUT2D eigenvalue weighted by Gasteiger charge is -2.22. The van der Waals surface area contributed by atoms with E-state index in [1.165, 1.54) is 39.2 Å². The molecule has 2 N–H and O–H groups in total. The molecule has 0 amide bonds. The second-order valence-corrected chi connectivity index (χ2v) is 7.01. The van der Waals surface area contributed by atoms with Crippen LogP contribution in [-0.4, -0.2) is 22.0 Å². The van der Waals surface area contributed by atoms with Gasteiger partial charge in [-0.2, -0.15) is 0 Å². The quantitative estimate of drug-likeness (QED) is 0.872. The monoisotopic (exact) mass is 282 g/mol. The first-order valence-corrected chi connectivity index (χ1v) is 8.37. The number of sulfonamides is 1. The van der Waals surface area contributed by atoms with E-state index in [0.29, 0.717) is 4.90 Å². The van der Waals surface area contributed by atoms with Crippen molar-refractivity contribution in [3.8, 4) is 0 Å². The summed E-state index contributed by atoms with van der Waals surface area (Å²) >= 11 is 0. The van der Waals surface area contributed by atoms with Crippen molar-refractivity contribution >= 4 is 15.7 Å². The van der Waals surface area contributed by atoms with Gasteiger partial charge in [0, 0.05) is 12.2 Å². The zero-order valence-corrected chi connectivity index (χ0v) is 12.2. The third kappa shape index (κ3) is 3.94. The van der Waals surface area contributed by atoms with E-state index in [-0.39, 0.29) is 0 Å². The van der Waals surface area contributed by atoms with Crippen LogP contribution >= 0.6 is 0 Å². The molecule has 0 aromatic heterocycles. The molecule has 2 rings (SSSR count). The van der Waals surface area contributed by atoms with Crippen LogP contribution in [0.1, 0.15) is 32.1 Å². The van der Waals surface area contributed by atoms with E-state index < -0.39 is 10.0 Å². The van der Waals surface area contributed by atoms with Gasteiger partial charge in [-0.3, -0.25) is 0 Å². The lowest BCUT2D eigenvalue weighted by atomic mass is 9.89. The van der Waals surface area contributed by atoms with Gasteiger partial charge in [0.15, 0.2) is 0 Å². The van der Waals surface area contributed by atoms with Crippen LogP contribution in [0.2, 0.25) is 0 Å². The zero-order chi connectivity index (χ0) is 13.7. The van der Waals surface area contributed by atoms with Gasteiger partial charge >= 0.3 is 0 Å². The summed E-state index contributed by atoms with van der Waals surface area (Å²) < 4.78 is 25.8. The Labute approximate surface area is 115 Å². The van der Waals surface area contributed by atoms with Crippen molar-refractivity contribution in [2.75, 3.05) is 18.9 Å². The van der Waals surface area contributed by atoms with Gasteiger partial charge in [-0.25, -0.2) is 13.1 Å². The highest BCUT2D eigenvalue weighted by Gasteiger charge is 2.14. The van der Waals surface area contributed by atoms with Crippen molar-refractivity contribution in [3.63, 3.8) is 0 Å². The molecule has 5 heteroatoms. The summed E-state index contributed by atoms with van der Waals surface area (Å²) in [6.45, 7) is 0.934. The number of rotatable bonds is 5. The van der Waals surface area contributed by atoms with Gasteiger partial charge in [-0.1, -0.05) is 25.3 Å². The van der Waals surface area contributed by atoms with Crippen LogP contribution in [0.25, 0.3) is 0 Å². The minimum atomic E-state index is -3.35. The van der Waals surface area contributed by atoms with Gasteiger partial charge in [0.05, 0.1) is 4.90 Å². The van der Waals surface area contributed by atoms with Crippen LogP contribution in [0.4, 0.5) is 5.69 Å². The third-order valence-corrected chi connectivity index (χ3v) is 5.14. The summed E-state index contributed by atoms with van der Waals surface area (Å²) in [5.41, 5.74) is 0.877. The van der Waals surface area contributed by atoms with Crippen molar-refractivity contribution in [2.24, 2.45) is 5.92 Å². The molecule has 1 saturated carbocycles. The van der Waals surface area contributed by atoms with E-state index in [1.807, 2.05) is 6.07 Å². The van der Waals surface area contributed by atoms with Crippen LogP contribution in [0.3, 0.4) is 0 Å². The Bertz CT molecular complexity index is 508. The van der Waals surface area contributed by atoms with Gasteiger partial charge < -0.3 is 5.32 Å². The van der Waals surface area contributed by atoms with Gasteiger partial charge in [0.1, 0.15) is 0 Å². The summed E-state index contributed by atoms with van der Waals surface area (Å²) in [7, 11) is -1.93. The van der Waals surface area contributed by atoms with Gasteiger partial charge in [-0.05, 0) is 44.0 Å². The molecule has 0 radical (unpaired) electrons. The Balaban J connectivity index is 1.99. The fourth-order valence-corrected chi connectivity index (χ4v) is 3.32. The highest BCUT2D eigenvalue weighted by Crippen LogP contribution is 2.24. The smallest absolute Gasteiger partial charge is 0.240 e. The van der Waals surface area contributed by atoms with E-state index in [4.69, 9.17) is 0 Å². The minimum Gasteiger partial charge on any atom is -0.385 e. The molecular weight excluding hydrogens is 260 g/mol. The number of nitrogens with one attached hydrogen (secondary N) is 2. The molecule has 0 heterocycles. The van der Waals surface area contributed by atoms with Crippen LogP contribution in [0.15, 0.2) is 29.2 Å². The maximum absolute atomic E-state index is 11.7. The molecule has 1 aliphatic rings. The molecule has 0 atom stereocenters. The summed E-state index contributed by atoms with van der Waals surface area (Å²) in [6.07, 6.45) is 6.55. The van der Waals surface area contributed by atoms with E-state index in [9.17, 15) is 8.42 Å². The summed E-state index contributed by atoms with van der Waals surface area (Å²) in [5, 5.41) is 3.36. The Kier molecular flexibility index (Phi) is 4.82. The Morgan fingerprint density at radius 2 is 1.95 bits per heavy atom. The van der Waals surface area contributed by atoms with E-state index in [0.717, 1.165) is 18.2 Å². The highest BCUT2D eigenvalue weighted by atomic mass is 32.2. The zero-order valence-electron chi connectivity index (χ0n) is 11.4. The molecule has 1 fully saturated rings. The Hall–Kier alpha value is -1.07. The van der Waals surface area contributed by atoms with Crippen molar-refractivity contribution < 1.29 is 8.42 Å². The normalized spacial score (nSPS) is 17.3. The average Bonchev–Trinajstić information content (AvgIpc) is 2.46. The molecule has 1 aromatic rings. The number of hydrogen-bond donors (Lipinski definition) is 2. The van der Waals surface area contributed by atoms with Crippen LogP contribution in [-0.2, 0) is 10.0 Å².